The zero-order chi connectivity index (χ0) is 23.9. The number of aryl methyl sites for hydroxylation is 1. The Labute approximate surface area is 200 Å². The molecule has 0 fully saturated rings. The number of nitrogens with one attached hydrogen (secondary N) is 1. The van der Waals surface area contributed by atoms with Crippen LogP contribution in [0.2, 0.25) is 0 Å². The summed E-state index contributed by atoms with van der Waals surface area (Å²) in [4.78, 5) is 12.4. The van der Waals surface area contributed by atoms with Crippen LogP contribution in [0.1, 0.15) is 82.3 Å². The lowest BCUT2D eigenvalue weighted by Crippen LogP contribution is -2.44. The van der Waals surface area contributed by atoms with Crippen molar-refractivity contribution < 1.29 is 13.2 Å². The Hall–Kier alpha value is -2.18. The molecule has 0 heterocycles. The number of nitrogens with two attached hydrogens (primary N) is 1. The molecule has 0 spiro atoms. The summed E-state index contributed by atoms with van der Waals surface area (Å²) < 4.78 is 27.2. The maximum atomic E-state index is 12.6. The van der Waals surface area contributed by atoms with Crippen LogP contribution in [0.4, 0.5) is 0 Å². The van der Waals surface area contributed by atoms with Crippen molar-refractivity contribution in [1.29, 1.82) is 0 Å². The Balaban J connectivity index is 1.70. The predicted octanol–water partition coefficient (Wildman–Crippen LogP) is 5.52. The van der Waals surface area contributed by atoms with Crippen LogP contribution in [0.5, 0.6) is 0 Å². The van der Waals surface area contributed by atoms with E-state index in [1.807, 2.05) is 42.5 Å². The van der Waals surface area contributed by atoms with Gasteiger partial charge in [0.1, 0.15) is 0 Å². The molecule has 0 saturated carbocycles. The van der Waals surface area contributed by atoms with Crippen LogP contribution in [0.25, 0.3) is 0 Å². The number of hydrogen-bond acceptors (Lipinski definition) is 4. The standard InChI is InChI=1S/C27H40N2O3S/c1-2-3-4-5-6-7-8-9-10-12-15-23-18-20-25(21-19-23)33(31,32)29-27(30)26(28)22-24-16-13-11-14-17-24/h11,13-14,16-21,26H,2-10,12,15,22,28H2,1H3,(H,29,30)/t26-/m0/s1. The average molecular weight is 473 g/mol. The molecule has 5 nitrogen and oxygen atoms in total. The van der Waals surface area contributed by atoms with E-state index in [4.69, 9.17) is 5.73 Å². The molecular formula is C27H40N2O3S. The topological polar surface area (TPSA) is 89.3 Å². The Bertz CT molecular complexity index is 912. The maximum Gasteiger partial charge on any atom is 0.264 e. The second-order valence-corrected chi connectivity index (χ2v) is 10.5. The second kappa shape index (κ2) is 14.9. The first-order valence-corrected chi connectivity index (χ1v) is 13.9. The van der Waals surface area contributed by atoms with E-state index in [0.29, 0.717) is 0 Å². The smallest absolute Gasteiger partial charge is 0.264 e. The lowest BCUT2D eigenvalue weighted by Gasteiger charge is -2.13. The first-order valence-electron chi connectivity index (χ1n) is 12.4. The van der Waals surface area contributed by atoms with Gasteiger partial charge in [0, 0.05) is 0 Å². The van der Waals surface area contributed by atoms with Crippen molar-refractivity contribution in [2.75, 3.05) is 0 Å². The summed E-state index contributed by atoms with van der Waals surface area (Å²) in [7, 11) is -3.94. The molecule has 0 aliphatic rings. The van der Waals surface area contributed by atoms with Crippen LogP contribution >= 0.6 is 0 Å². The number of carbonyl (C=O) groups excluding carboxylic acids is 1. The monoisotopic (exact) mass is 472 g/mol. The molecule has 2 aromatic carbocycles. The average Bonchev–Trinajstić information content (AvgIpc) is 2.81. The Morgan fingerprint density at radius 2 is 1.33 bits per heavy atom. The number of rotatable bonds is 16. The number of amides is 1. The minimum atomic E-state index is -3.94. The molecule has 0 radical (unpaired) electrons. The first-order chi connectivity index (χ1) is 15.9. The van der Waals surface area contributed by atoms with Crippen LogP contribution in [0, 0.1) is 0 Å². The van der Waals surface area contributed by atoms with Crippen LogP contribution in [0.15, 0.2) is 59.5 Å². The largest absolute Gasteiger partial charge is 0.320 e. The van der Waals surface area contributed by atoms with Gasteiger partial charge in [-0.2, -0.15) is 0 Å². The number of sulfonamides is 1. The van der Waals surface area contributed by atoms with E-state index < -0.39 is 22.0 Å². The lowest BCUT2D eigenvalue weighted by molar-refractivity contribution is -0.120. The fourth-order valence-electron chi connectivity index (χ4n) is 3.88. The van der Waals surface area contributed by atoms with E-state index in [9.17, 15) is 13.2 Å². The molecule has 0 aliphatic carbocycles. The third-order valence-electron chi connectivity index (χ3n) is 5.92. The van der Waals surface area contributed by atoms with Gasteiger partial charge in [0.25, 0.3) is 15.9 Å². The van der Waals surface area contributed by atoms with Gasteiger partial charge in [0.15, 0.2) is 0 Å². The Kier molecular flexibility index (Phi) is 12.2. The molecule has 0 bridgehead atoms. The van der Waals surface area contributed by atoms with Gasteiger partial charge in [0.05, 0.1) is 10.9 Å². The van der Waals surface area contributed by atoms with Gasteiger partial charge < -0.3 is 5.73 Å². The molecule has 0 aromatic heterocycles. The quantitative estimate of drug-likeness (QED) is 0.315. The van der Waals surface area contributed by atoms with Crippen LogP contribution in [-0.2, 0) is 27.7 Å². The van der Waals surface area contributed by atoms with E-state index in [1.165, 1.54) is 57.8 Å². The molecule has 182 valence electrons. The van der Waals surface area contributed by atoms with Crippen molar-refractivity contribution in [3.8, 4) is 0 Å². The molecule has 2 rings (SSSR count). The van der Waals surface area contributed by atoms with Crippen LogP contribution in [0.3, 0.4) is 0 Å². The highest BCUT2D eigenvalue weighted by molar-refractivity contribution is 7.90. The van der Waals surface area contributed by atoms with Crippen molar-refractivity contribution >= 4 is 15.9 Å². The molecule has 0 aliphatic heterocycles. The van der Waals surface area contributed by atoms with Crippen molar-refractivity contribution in [3.05, 3.63) is 65.7 Å². The van der Waals surface area contributed by atoms with Crippen molar-refractivity contribution in [3.63, 3.8) is 0 Å². The third-order valence-corrected chi connectivity index (χ3v) is 7.29. The summed E-state index contributed by atoms with van der Waals surface area (Å²) >= 11 is 0. The summed E-state index contributed by atoms with van der Waals surface area (Å²) in [6, 6.07) is 15.1. The van der Waals surface area contributed by atoms with Gasteiger partial charge in [-0.05, 0) is 42.5 Å². The Morgan fingerprint density at radius 1 is 0.788 bits per heavy atom. The molecular weight excluding hydrogens is 432 g/mol. The van der Waals surface area contributed by atoms with Crippen molar-refractivity contribution in [1.82, 2.24) is 4.72 Å². The van der Waals surface area contributed by atoms with E-state index >= 15 is 0 Å². The third kappa shape index (κ3) is 10.5. The maximum absolute atomic E-state index is 12.6. The normalized spacial score (nSPS) is 12.4. The summed E-state index contributed by atoms with van der Waals surface area (Å²) in [5, 5.41) is 0. The SMILES string of the molecule is CCCCCCCCCCCCc1ccc(S(=O)(=O)NC(=O)[C@@H](N)Cc2ccccc2)cc1. The van der Waals surface area contributed by atoms with E-state index in [2.05, 4.69) is 11.6 Å². The van der Waals surface area contributed by atoms with Crippen molar-refractivity contribution in [2.45, 2.75) is 94.9 Å². The minimum Gasteiger partial charge on any atom is -0.320 e. The number of carbonyl (C=O) groups is 1. The van der Waals surface area contributed by atoms with Crippen LogP contribution in [-0.4, -0.2) is 20.4 Å². The van der Waals surface area contributed by atoms with E-state index in [-0.39, 0.29) is 11.3 Å². The van der Waals surface area contributed by atoms with Crippen LogP contribution < -0.4 is 10.5 Å². The highest BCUT2D eigenvalue weighted by Gasteiger charge is 2.22. The van der Waals surface area contributed by atoms with Gasteiger partial charge >= 0.3 is 0 Å². The van der Waals surface area contributed by atoms with Gasteiger partial charge in [-0.1, -0.05) is 107 Å². The summed E-state index contributed by atoms with van der Waals surface area (Å²) in [5.41, 5.74) is 7.90. The molecule has 3 N–H and O–H groups in total. The molecule has 33 heavy (non-hydrogen) atoms. The van der Waals surface area contributed by atoms with E-state index in [1.54, 1.807) is 12.1 Å². The number of unbranched alkanes of at least 4 members (excludes halogenated alkanes) is 9. The first kappa shape index (κ1) is 27.1. The number of hydrogen-bond donors (Lipinski definition) is 2. The molecule has 0 saturated heterocycles. The predicted molar refractivity (Wildman–Crippen MR) is 135 cm³/mol. The highest BCUT2D eigenvalue weighted by Crippen LogP contribution is 2.15. The molecule has 0 unspecified atom stereocenters. The zero-order valence-electron chi connectivity index (χ0n) is 20.0. The van der Waals surface area contributed by atoms with E-state index in [0.717, 1.165) is 24.0 Å². The van der Waals surface area contributed by atoms with Gasteiger partial charge in [-0.3, -0.25) is 4.79 Å². The summed E-state index contributed by atoms with van der Waals surface area (Å²) in [6.45, 7) is 2.24. The summed E-state index contributed by atoms with van der Waals surface area (Å²) in [6.07, 6.45) is 14.1. The zero-order valence-corrected chi connectivity index (χ0v) is 20.8. The minimum absolute atomic E-state index is 0.0783. The van der Waals surface area contributed by atoms with Gasteiger partial charge in [-0.15, -0.1) is 0 Å². The van der Waals surface area contributed by atoms with Gasteiger partial charge in [-0.25, -0.2) is 13.1 Å². The molecule has 2 aromatic rings. The summed E-state index contributed by atoms with van der Waals surface area (Å²) in [5.74, 6) is -0.701. The Morgan fingerprint density at radius 3 is 1.91 bits per heavy atom. The molecule has 1 atom stereocenters. The van der Waals surface area contributed by atoms with Crippen molar-refractivity contribution in [2.24, 2.45) is 5.73 Å². The highest BCUT2D eigenvalue weighted by atomic mass is 32.2. The fraction of sp³-hybridized carbons (Fsp3) is 0.519. The fourth-order valence-corrected chi connectivity index (χ4v) is 4.91. The number of benzene rings is 2. The molecule has 6 heteroatoms. The second-order valence-electron chi connectivity index (χ2n) is 8.84. The molecule has 1 amide bonds. The lowest BCUT2D eigenvalue weighted by atomic mass is 10.0. The van der Waals surface area contributed by atoms with Gasteiger partial charge in [0.2, 0.25) is 0 Å².